The van der Waals surface area contributed by atoms with Crippen molar-refractivity contribution in [2.24, 2.45) is 11.8 Å². The molecule has 0 amide bonds. The van der Waals surface area contributed by atoms with Crippen LogP contribution >= 0.6 is 0 Å². The van der Waals surface area contributed by atoms with Gasteiger partial charge in [0, 0.05) is 6.61 Å². The molecule has 0 aromatic heterocycles. The molecule has 0 aromatic carbocycles. The van der Waals surface area contributed by atoms with Gasteiger partial charge in [0.15, 0.2) is 0 Å². The van der Waals surface area contributed by atoms with Crippen molar-refractivity contribution >= 4 is 5.97 Å². The van der Waals surface area contributed by atoms with Crippen molar-refractivity contribution in [3.8, 4) is 0 Å². The van der Waals surface area contributed by atoms with Gasteiger partial charge in [-0.3, -0.25) is 10.1 Å². The van der Waals surface area contributed by atoms with E-state index in [4.69, 9.17) is 4.74 Å². The van der Waals surface area contributed by atoms with Gasteiger partial charge in [0.2, 0.25) is 0 Å². The van der Waals surface area contributed by atoms with Crippen molar-refractivity contribution in [2.45, 2.75) is 57.4 Å². The van der Waals surface area contributed by atoms with Gasteiger partial charge in [0.1, 0.15) is 5.54 Å². The third-order valence-corrected chi connectivity index (χ3v) is 4.57. The van der Waals surface area contributed by atoms with Crippen LogP contribution in [0.2, 0.25) is 0 Å². The molecule has 2 rings (SSSR count). The van der Waals surface area contributed by atoms with Gasteiger partial charge in [0.25, 0.3) is 0 Å². The molecular weight excluding hydrogens is 242 g/mol. The molecule has 0 aromatic rings. The standard InChI is InChI=1S/C15H27NO3/c1-2-9-16-15(14(17)18,13-6-7-13)11-19-10-8-12-4-3-5-12/h12-13,16H,2-11H2,1H3,(H,17,18). The first-order valence-corrected chi connectivity index (χ1v) is 7.75. The largest absolute Gasteiger partial charge is 0.480 e. The summed E-state index contributed by atoms with van der Waals surface area (Å²) in [6, 6.07) is 0. The second kappa shape index (κ2) is 6.71. The summed E-state index contributed by atoms with van der Waals surface area (Å²) in [4.78, 5) is 11.7. The van der Waals surface area contributed by atoms with Crippen molar-refractivity contribution < 1.29 is 14.6 Å². The van der Waals surface area contributed by atoms with Crippen LogP contribution in [0.3, 0.4) is 0 Å². The van der Waals surface area contributed by atoms with Crippen LogP contribution in [0, 0.1) is 11.8 Å². The number of carboxylic acids is 1. The highest BCUT2D eigenvalue weighted by molar-refractivity contribution is 5.80. The highest BCUT2D eigenvalue weighted by atomic mass is 16.5. The summed E-state index contributed by atoms with van der Waals surface area (Å²) in [5.41, 5.74) is -0.838. The maximum atomic E-state index is 11.7. The van der Waals surface area contributed by atoms with E-state index in [1.54, 1.807) is 0 Å². The van der Waals surface area contributed by atoms with Crippen LogP contribution in [0.4, 0.5) is 0 Å². The first kappa shape index (κ1) is 14.8. The Morgan fingerprint density at radius 1 is 1.37 bits per heavy atom. The maximum absolute atomic E-state index is 11.7. The predicted octanol–water partition coefficient (Wildman–Crippen LogP) is 2.43. The van der Waals surface area contributed by atoms with Crippen molar-refractivity contribution in [3.05, 3.63) is 0 Å². The fourth-order valence-corrected chi connectivity index (χ4v) is 2.81. The van der Waals surface area contributed by atoms with E-state index in [1.807, 2.05) is 0 Å². The second-order valence-corrected chi connectivity index (χ2v) is 6.12. The second-order valence-electron chi connectivity index (χ2n) is 6.12. The zero-order valence-corrected chi connectivity index (χ0v) is 12.0. The molecule has 4 heteroatoms. The molecule has 0 heterocycles. The van der Waals surface area contributed by atoms with Gasteiger partial charge in [0.05, 0.1) is 6.61 Å². The van der Waals surface area contributed by atoms with E-state index in [9.17, 15) is 9.90 Å². The molecule has 0 aliphatic heterocycles. The summed E-state index contributed by atoms with van der Waals surface area (Å²) in [7, 11) is 0. The zero-order chi connectivity index (χ0) is 13.7. The number of ether oxygens (including phenoxy) is 1. The molecule has 0 saturated heterocycles. The highest BCUT2D eigenvalue weighted by Crippen LogP contribution is 2.40. The monoisotopic (exact) mass is 269 g/mol. The van der Waals surface area contributed by atoms with E-state index >= 15 is 0 Å². The normalized spacial score (nSPS) is 22.8. The number of carbonyl (C=O) groups is 1. The van der Waals surface area contributed by atoms with Gasteiger partial charge in [-0.05, 0) is 44.1 Å². The SMILES string of the molecule is CCCNC(COCCC1CCC1)(C(=O)O)C1CC1. The summed E-state index contributed by atoms with van der Waals surface area (Å²) in [5.74, 6) is 0.330. The quantitative estimate of drug-likeness (QED) is 0.598. The predicted molar refractivity (Wildman–Crippen MR) is 74.2 cm³/mol. The molecule has 2 N–H and O–H groups in total. The maximum Gasteiger partial charge on any atom is 0.326 e. The number of rotatable bonds is 10. The Kier molecular flexibility index (Phi) is 5.22. The Morgan fingerprint density at radius 3 is 2.58 bits per heavy atom. The van der Waals surface area contributed by atoms with Crippen molar-refractivity contribution in [3.63, 3.8) is 0 Å². The summed E-state index contributed by atoms with van der Waals surface area (Å²) < 4.78 is 5.72. The molecule has 1 unspecified atom stereocenters. The minimum atomic E-state index is -0.838. The molecule has 2 aliphatic carbocycles. The molecule has 0 radical (unpaired) electrons. The molecule has 2 fully saturated rings. The van der Waals surface area contributed by atoms with Crippen LogP contribution in [0.25, 0.3) is 0 Å². The summed E-state index contributed by atoms with van der Waals surface area (Å²) in [6.45, 7) is 3.83. The molecule has 4 nitrogen and oxygen atoms in total. The molecule has 110 valence electrons. The Morgan fingerprint density at radius 2 is 2.11 bits per heavy atom. The molecule has 0 bridgehead atoms. The van der Waals surface area contributed by atoms with E-state index in [-0.39, 0.29) is 5.92 Å². The third kappa shape index (κ3) is 3.69. The lowest BCUT2D eigenvalue weighted by atomic mass is 9.83. The Bertz CT molecular complexity index is 300. The van der Waals surface area contributed by atoms with Crippen LogP contribution in [0.5, 0.6) is 0 Å². The fourth-order valence-electron chi connectivity index (χ4n) is 2.81. The smallest absolute Gasteiger partial charge is 0.326 e. The third-order valence-electron chi connectivity index (χ3n) is 4.57. The van der Waals surface area contributed by atoms with Crippen LogP contribution in [-0.4, -0.2) is 36.4 Å². The van der Waals surface area contributed by atoms with E-state index in [2.05, 4.69) is 12.2 Å². The first-order valence-electron chi connectivity index (χ1n) is 7.75. The molecule has 1 atom stereocenters. The first-order chi connectivity index (χ1) is 9.19. The zero-order valence-electron chi connectivity index (χ0n) is 12.0. The van der Waals surface area contributed by atoms with Gasteiger partial charge in [-0.25, -0.2) is 0 Å². The molecule has 2 saturated carbocycles. The number of carboxylic acid groups (broad SMARTS) is 1. The number of nitrogens with one attached hydrogen (secondary N) is 1. The van der Waals surface area contributed by atoms with Crippen LogP contribution in [0.1, 0.15) is 51.9 Å². The minimum absolute atomic E-state index is 0.250. The van der Waals surface area contributed by atoms with Crippen LogP contribution in [0.15, 0.2) is 0 Å². The van der Waals surface area contributed by atoms with Gasteiger partial charge >= 0.3 is 5.97 Å². The highest BCUT2D eigenvalue weighted by Gasteiger charge is 2.51. The molecule has 0 spiro atoms. The topological polar surface area (TPSA) is 58.6 Å². The van der Waals surface area contributed by atoms with E-state index in [0.717, 1.165) is 38.1 Å². The Balaban J connectivity index is 1.79. The minimum Gasteiger partial charge on any atom is -0.480 e. The Labute approximate surface area is 115 Å². The van der Waals surface area contributed by atoms with Crippen molar-refractivity contribution in [2.75, 3.05) is 19.8 Å². The van der Waals surface area contributed by atoms with Gasteiger partial charge in [-0.15, -0.1) is 0 Å². The van der Waals surface area contributed by atoms with E-state index in [0.29, 0.717) is 13.2 Å². The molecular formula is C15H27NO3. The fraction of sp³-hybridized carbons (Fsp3) is 0.933. The van der Waals surface area contributed by atoms with Crippen molar-refractivity contribution in [1.82, 2.24) is 5.32 Å². The van der Waals surface area contributed by atoms with E-state index in [1.165, 1.54) is 19.3 Å². The average molecular weight is 269 g/mol. The average Bonchev–Trinajstić information content (AvgIpc) is 3.14. The van der Waals surface area contributed by atoms with Gasteiger partial charge < -0.3 is 9.84 Å². The van der Waals surface area contributed by atoms with Crippen LogP contribution < -0.4 is 5.32 Å². The lowest BCUT2D eigenvalue weighted by molar-refractivity contribution is -0.149. The van der Waals surface area contributed by atoms with Gasteiger partial charge in [-0.2, -0.15) is 0 Å². The summed E-state index contributed by atoms with van der Waals surface area (Å²) in [5, 5.41) is 12.8. The summed E-state index contributed by atoms with van der Waals surface area (Å²) in [6.07, 6.45) is 8.06. The number of aliphatic carboxylic acids is 1. The van der Waals surface area contributed by atoms with E-state index < -0.39 is 11.5 Å². The van der Waals surface area contributed by atoms with Crippen molar-refractivity contribution in [1.29, 1.82) is 0 Å². The number of hydrogen-bond donors (Lipinski definition) is 2. The lowest BCUT2D eigenvalue weighted by Crippen LogP contribution is -2.57. The molecule has 19 heavy (non-hydrogen) atoms. The molecule has 2 aliphatic rings. The summed E-state index contributed by atoms with van der Waals surface area (Å²) >= 11 is 0. The number of hydrogen-bond acceptors (Lipinski definition) is 3. The van der Waals surface area contributed by atoms with Crippen LogP contribution in [-0.2, 0) is 9.53 Å². The lowest BCUT2D eigenvalue weighted by Gasteiger charge is -2.31. The van der Waals surface area contributed by atoms with Gasteiger partial charge in [-0.1, -0.05) is 26.2 Å². The Hall–Kier alpha value is -0.610.